The van der Waals surface area contributed by atoms with E-state index in [4.69, 9.17) is 16.2 Å². The zero-order valence-corrected chi connectivity index (χ0v) is 10.2. The van der Waals surface area contributed by atoms with Crippen LogP contribution in [0.25, 0.3) is 0 Å². The van der Waals surface area contributed by atoms with Crippen molar-refractivity contribution in [3.63, 3.8) is 0 Å². The number of primary amides is 1. The topological polar surface area (TPSA) is 90.7 Å². The zero-order valence-electron chi connectivity index (χ0n) is 10.2. The summed E-state index contributed by atoms with van der Waals surface area (Å²) in [5.41, 5.74) is 11.5. The number of carbonyl (C=O) groups excluding carboxylic acids is 1. The molecule has 1 aromatic rings. The van der Waals surface area contributed by atoms with Crippen molar-refractivity contribution in [2.75, 3.05) is 5.73 Å². The van der Waals surface area contributed by atoms with E-state index in [2.05, 4.69) is 4.99 Å². The lowest BCUT2D eigenvalue weighted by atomic mass is 9.96. The van der Waals surface area contributed by atoms with Crippen LogP contribution in [0.1, 0.15) is 20.8 Å². The van der Waals surface area contributed by atoms with Crippen molar-refractivity contribution in [3.05, 3.63) is 24.3 Å². The third-order valence-corrected chi connectivity index (χ3v) is 1.94. The maximum Gasteiger partial charge on any atom is 0.411 e. The summed E-state index contributed by atoms with van der Waals surface area (Å²) < 4.78 is 4.91. The minimum atomic E-state index is -0.873. The molecule has 92 valence electrons. The summed E-state index contributed by atoms with van der Waals surface area (Å²) in [7, 11) is 0. The van der Waals surface area contributed by atoms with Gasteiger partial charge in [0.1, 0.15) is 0 Å². The Morgan fingerprint density at radius 2 is 2.00 bits per heavy atom. The fourth-order valence-electron chi connectivity index (χ4n) is 1.15. The van der Waals surface area contributed by atoms with Gasteiger partial charge in [0.05, 0.1) is 5.69 Å². The Morgan fingerprint density at radius 1 is 1.35 bits per heavy atom. The largest absolute Gasteiger partial charge is 0.411 e. The van der Waals surface area contributed by atoms with Crippen LogP contribution in [0.5, 0.6) is 0 Å². The second-order valence-electron chi connectivity index (χ2n) is 4.68. The van der Waals surface area contributed by atoms with Crippen LogP contribution in [0.2, 0.25) is 0 Å². The number of nitrogen functional groups attached to an aromatic ring is 1. The quantitative estimate of drug-likeness (QED) is 0.445. The Bertz CT molecular complexity index is 447. The molecule has 0 fully saturated rings. The lowest BCUT2D eigenvalue weighted by Gasteiger charge is -2.19. The van der Waals surface area contributed by atoms with E-state index in [-0.39, 0.29) is 5.90 Å². The summed E-state index contributed by atoms with van der Waals surface area (Å²) in [5, 5.41) is 0. The minimum Gasteiger partial charge on any atom is -0.399 e. The number of carbonyl (C=O) groups is 1. The molecular formula is C12H17N3O2. The standard InChI is InChI=1S/C12H17N3O2/c1-12(2,3)10(17-11(14)16)15-9-6-4-5-8(13)7-9/h4-7H,13H2,1-3H3,(H2,14,16). The SMILES string of the molecule is CC(C)(C)C(=Nc1cccc(N)c1)OC(N)=O. The summed E-state index contributed by atoms with van der Waals surface area (Å²) in [6.07, 6.45) is -0.873. The van der Waals surface area contributed by atoms with Crippen LogP contribution < -0.4 is 11.5 Å². The molecule has 1 amide bonds. The van der Waals surface area contributed by atoms with Crippen molar-refractivity contribution in [2.45, 2.75) is 20.8 Å². The van der Waals surface area contributed by atoms with E-state index < -0.39 is 11.5 Å². The molecule has 5 nitrogen and oxygen atoms in total. The highest BCUT2D eigenvalue weighted by molar-refractivity contribution is 5.92. The van der Waals surface area contributed by atoms with Crippen LogP contribution in [-0.4, -0.2) is 12.0 Å². The van der Waals surface area contributed by atoms with E-state index in [1.165, 1.54) is 0 Å². The smallest absolute Gasteiger partial charge is 0.399 e. The molecule has 1 aromatic carbocycles. The highest BCUT2D eigenvalue weighted by Gasteiger charge is 2.23. The van der Waals surface area contributed by atoms with Gasteiger partial charge < -0.3 is 16.2 Å². The van der Waals surface area contributed by atoms with Gasteiger partial charge in [0.15, 0.2) is 0 Å². The Balaban J connectivity index is 3.09. The number of ether oxygens (including phenoxy) is 1. The Morgan fingerprint density at radius 3 is 2.47 bits per heavy atom. The van der Waals surface area contributed by atoms with E-state index in [1.807, 2.05) is 20.8 Å². The molecule has 1 rings (SSSR count). The summed E-state index contributed by atoms with van der Waals surface area (Å²) >= 11 is 0. The second-order valence-corrected chi connectivity index (χ2v) is 4.68. The maximum absolute atomic E-state index is 10.8. The number of benzene rings is 1. The first-order valence-electron chi connectivity index (χ1n) is 5.21. The molecule has 0 heterocycles. The van der Waals surface area contributed by atoms with Crippen LogP contribution in [0.15, 0.2) is 29.3 Å². The fourth-order valence-corrected chi connectivity index (χ4v) is 1.15. The van der Waals surface area contributed by atoms with Crippen molar-refractivity contribution >= 4 is 23.4 Å². The van der Waals surface area contributed by atoms with Crippen molar-refractivity contribution in [3.8, 4) is 0 Å². The first kappa shape index (κ1) is 13.0. The third kappa shape index (κ3) is 4.14. The van der Waals surface area contributed by atoms with E-state index in [1.54, 1.807) is 24.3 Å². The molecule has 5 heteroatoms. The van der Waals surface area contributed by atoms with E-state index in [0.29, 0.717) is 11.4 Å². The van der Waals surface area contributed by atoms with Crippen LogP contribution in [0.4, 0.5) is 16.2 Å². The van der Waals surface area contributed by atoms with Crippen LogP contribution in [0, 0.1) is 5.41 Å². The lowest BCUT2D eigenvalue weighted by molar-refractivity contribution is 0.201. The first-order chi connectivity index (χ1) is 7.79. The van der Waals surface area contributed by atoms with Gasteiger partial charge in [0, 0.05) is 11.1 Å². The molecule has 4 N–H and O–H groups in total. The van der Waals surface area contributed by atoms with E-state index in [9.17, 15) is 4.79 Å². The number of hydrogen-bond donors (Lipinski definition) is 2. The van der Waals surface area contributed by atoms with Crippen molar-refractivity contribution in [1.29, 1.82) is 0 Å². The predicted molar refractivity (Wildman–Crippen MR) is 68.1 cm³/mol. The number of aliphatic imine (C=N–C) groups is 1. The van der Waals surface area contributed by atoms with Crippen molar-refractivity contribution in [1.82, 2.24) is 0 Å². The number of amides is 1. The van der Waals surface area contributed by atoms with Gasteiger partial charge in [-0.1, -0.05) is 26.8 Å². The van der Waals surface area contributed by atoms with Crippen molar-refractivity contribution in [2.24, 2.45) is 16.1 Å². The van der Waals surface area contributed by atoms with Gasteiger partial charge in [-0.2, -0.15) is 0 Å². The highest BCUT2D eigenvalue weighted by Crippen LogP contribution is 2.23. The Hall–Kier alpha value is -2.04. The molecule has 0 atom stereocenters. The molecule has 17 heavy (non-hydrogen) atoms. The molecule has 0 bridgehead atoms. The lowest BCUT2D eigenvalue weighted by Crippen LogP contribution is -2.28. The van der Waals surface area contributed by atoms with Gasteiger partial charge in [-0.25, -0.2) is 9.79 Å². The first-order valence-corrected chi connectivity index (χ1v) is 5.21. The Kier molecular flexibility index (Phi) is 3.73. The number of hydrogen-bond acceptors (Lipinski definition) is 4. The molecule has 0 aliphatic heterocycles. The molecule has 0 saturated heterocycles. The second kappa shape index (κ2) is 4.86. The van der Waals surface area contributed by atoms with Gasteiger partial charge in [-0.3, -0.25) is 0 Å². The third-order valence-electron chi connectivity index (χ3n) is 1.94. The van der Waals surface area contributed by atoms with Gasteiger partial charge >= 0.3 is 6.09 Å². The molecule has 0 aromatic heterocycles. The molecular weight excluding hydrogens is 218 g/mol. The average Bonchev–Trinajstić information content (AvgIpc) is 2.14. The summed E-state index contributed by atoms with van der Waals surface area (Å²) in [6.45, 7) is 5.63. The van der Waals surface area contributed by atoms with Crippen LogP contribution >= 0.6 is 0 Å². The monoisotopic (exact) mass is 235 g/mol. The molecule has 0 radical (unpaired) electrons. The van der Waals surface area contributed by atoms with Gasteiger partial charge in [0.2, 0.25) is 5.90 Å². The Labute approximate surface area is 100 Å². The molecule has 0 aliphatic rings. The van der Waals surface area contributed by atoms with Gasteiger partial charge in [0.25, 0.3) is 0 Å². The van der Waals surface area contributed by atoms with Gasteiger partial charge in [-0.15, -0.1) is 0 Å². The minimum absolute atomic E-state index is 0.260. The predicted octanol–water partition coefficient (Wildman–Crippen LogP) is 2.44. The summed E-state index contributed by atoms with van der Waals surface area (Å²) in [6, 6.07) is 6.99. The van der Waals surface area contributed by atoms with E-state index in [0.717, 1.165) is 0 Å². The number of nitrogens with two attached hydrogens (primary N) is 2. The average molecular weight is 235 g/mol. The van der Waals surface area contributed by atoms with Gasteiger partial charge in [-0.05, 0) is 18.2 Å². The summed E-state index contributed by atoms with van der Waals surface area (Å²) in [5.74, 6) is 0.260. The molecule has 0 aliphatic carbocycles. The number of nitrogens with zero attached hydrogens (tertiary/aromatic N) is 1. The summed E-state index contributed by atoms with van der Waals surface area (Å²) in [4.78, 5) is 15.1. The molecule has 0 spiro atoms. The van der Waals surface area contributed by atoms with Crippen molar-refractivity contribution < 1.29 is 9.53 Å². The van der Waals surface area contributed by atoms with Crippen LogP contribution in [0.3, 0.4) is 0 Å². The number of anilines is 1. The van der Waals surface area contributed by atoms with E-state index >= 15 is 0 Å². The normalized spacial score (nSPS) is 12.3. The molecule has 0 unspecified atom stereocenters. The van der Waals surface area contributed by atoms with Crippen LogP contribution in [-0.2, 0) is 4.74 Å². The highest BCUT2D eigenvalue weighted by atomic mass is 16.6. The maximum atomic E-state index is 10.8. The fraction of sp³-hybridized carbons (Fsp3) is 0.333. The molecule has 0 saturated carbocycles. The zero-order chi connectivity index (χ0) is 13.1. The number of rotatable bonds is 1.